The van der Waals surface area contributed by atoms with E-state index in [0.717, 1.165) is 24.2 Å². The van der Waals surface area contributed by atoms with Crippen LogP contribution in [0.1, 0.15) is 6.42 Å². The van der Waals surface area contributed by atoms with Gasteiger partial charge in [0.05, 0.1) is 0 Å². The molecule has 0 saturated carbocycles. The zero-order valence-corrected chi connectivity index (χ0v) is 8.13. The molecule has 2 heterocycles. The summed E-state index contributed by atoms with van der Waals surface area (Å²) in [5.41, 5.74) is 1.84. The number of nitrogens with one attached hydrogen (secondary N) is 1. The van der Waals surface area contributed by atoms with Gasteiger partial charge in [0.15, 0.2) is 0 Å². The van der Waals surface area contributed by atoms with Gasteiger partial charge in [-0.15, -0.1) is 0 Å². The third-order valence-corrected chi connectivity index (χ3v) is 3.58. The van der Waals surface area contributed by atoms with Crippen LogP contribution in [-0.4, -0.2) is 39.1 Å². The Kier molecular flexibility index (Phi) is 1.88. The quantitative estimate of drug-likeness (QED) is 0.574. The van der Waals surface area contributed by atoms with Gasteiger partial charge in [-0.25, -0.2) is 0 Å². The maximum atomic E-state index is 11.3. The first kappa shape index (κ1) is 8.71. The smallest absolute Gasteiger partial charge is 0.312 e. The zero-order valence-electron chi connectivity index (χ0n) is 7.32. The third-order valence-electron chi connectivity index (χ3n) is 2.29. The van der Waals surface area contributed by atoms with E-state index in [2.05, 4.69) is 9.71 Å². The van der Waals surface area contributed by atoms with Crippen molar-refractivity contribution in [1.82, 2.24) is 9.62 Å². The maximum Gasteiger partial charge on any atom is 0.344 e. The molecule has 0 saturated heterocycles. The fourth-order valence-corrected chi connectivity index (χ4v) is 2.40. The predicted octanol–water partition coefficient (Wildman–Crippen LogP) is -0.505. The lowest BCUT2D eigenvalue weighted by Crippen LogP contribution is -2.37. The van der Waals surface area contributed by atoms with Crippen molar-refractivity contribution in [1.29, 1.82) is 0 Å². The summed E-state index contributed by atoms with van der Waals surface area (Å²) in [6.45, 7) is 1.53. The highest BCUT2D eigenvalue weighted by molar-refractivity contribution is 7.88. The number of hydrogen-bond acceptors (Lipinski definition) is 3. The van der Waals surface area contributed by atoms with E-state index in [1.807, 2.05) is 0 Å². The van der Waals surface area contributed by atoms with Gasteiger partial charge in [0.2, 0.25) is 0 Å². The van der Waals surface area contributed by atoms with Gasteiger partial charge in [-0.05, 0) is 0 Å². The van der Waals surface area contributed by atoms with E-state index in [1.165, 1.54) is 10.5 Å². The van der Waals surface area contributed by atoms with E-state index in [9.17, 15) is 8.42 Å². The van der Waals surface area contributed by atoms with Crippen LogP contribution in [0.2, 0.25) is 0 Å². The molecule has 72 valence electrons. The Morgan fingerprint density at radius 2 is 2.38 bits per heavy atom. The molecule has 5 nitrogen and oxygen atoms in total. The van der Waals surface area contributed by atoms with Crippen LogP contribution >= 0.6 is 0 Å². The first-order valence-electron chi connectivity index (χ1n) is 4.08. The summed E-state index contributed by atoms with van der Waals surface area (Å²) in [6.07, 6.45) is 2.19. The third kappa shape index (κ3) is 1.36. The number of hydrogen-bond donors (Lipinski definition) is 1. The van der Waals surface area contributed by atoms with Crippen LogP contribution in [0.15, 0.2) is 15.7 Å². The van der Waals surface area contributed by atoms with E-state index in [1.54, 1.807) is 7.05 Å². The molecule has 0 atom stereocenters. The second-order valence-corrected chi connectivity index (χ2v) is 4.73. The summed E-state index contributed by atoms with van der Waals surface area (Å²) in [5, 5.41) is 3.16. The summed E-state index contributed by atoms with van der Waals surface area (Å²) >= 11 is 0. The summed E-state index contributed by atoms with van der Waals surface area (Å²) in [4.78, 5) is 0. The molecule has 0 aromatic carbocycles. The lowest BCUT2D eigenvalue weighted by atomic mass is 10.1. The average molecular weight is 201 g/mol. The predicted molar refractivity (Wildman–Crippen MR) is 49.7 cm³/mol. The van der Waals surface area contributed by atoms with Gasteiger partial charge in [-0.2, -0.15) is 12.8 Å². The molecule has 2 aliphatic heterocycles. The monoisotopic (exact) mass is 201 g/mol. The SMILES string of the molecule is CN1C2=C(C=NS1(=O)=O)CNCC2. The molecule has 0 unspecified atom stereocenters. The highest BCUT2D eigenvalue weighted by Gasteiger charge is 2.26. The Morgan fingerprint density at radius 3 is 3.15 bits per heavy atom. The summed E-state index contributed by atoms with van der Waals surface area (Å²) in [6, 6.07) is 0. The molecule has 2 aliphatic rings. The van der Waals surface area contributed by atoms with Crippen molar-refractivity contribution >= 4 is 16.4 Å². The van der Waals surface area contributed by atoms with Crippen molar-refractivity contribution < 1.29 is 8.42 Å². The van der Waals surface area contributed by atoms with Crippen molar-refractivity contribution in [2.24, 2.45) is 4.40 Å². The molecule has 0 aromatic rings. The lowest BCUT2D eigenvalue weighted by molar-refractivity contribution is 0.494. The molecule has 1 N–H and O–H groups in total. The fraction of sp³-hybridized carbons (Fsp3) is 0.571. The average Bonchev–Trinajstić information content (AvgIpc) is 2.13. The molecule has 0 radical (unpaired) electrons. The van der Waals surface area contributed by atoms with Crippen LogP contribution in [-0.2, 0) is 10.2 Å². The normalized spacial score (nSPS) is 26.1. The summed E-state index contributed by atoms with van der Waals surface area (Å²) < 4.78 is 27.4. The van der Waals surface area contributed by atoms with Gasteiger partial charge in [0, 0.05) is 44.0 Å². The van der Waals surface area contributed by atoms with Crippen molar-refractivity contribution in [2.75, 3.05) is 20.1 Å². The van der Waals surface area contributed by atoms with Crippen LogP contribution in [0.25, 0.3) is 0 Å². The van der Waals surface area contributed by atoms with Crippen molar-refractivity contribution in [2.45, 2.75) is 6.42 Å². The lowest BCUT2D eigenvalue weighted by Gasteiger charge is -2.28. The van der Waals surface area contributed by atoms with Crippen LogP contribution in [0, 0.1) is 0 Å². The van der Waals surface area contributed by atoms with Crippen molar-refractivity contribution in [3.63, 3.8) is 0 Å². The second kappa shape index (κ2) is 2.81. The minimum absolute atomic E-state index is 0.707. The summed E-state index contributed by atoms with van der Waals surface area (Å²) in [5.74, 6) is 0. The largest absolute Gasteiger partial charge is 0.344 e. The second-order valence-electron chi connectivity index (χ2n) is 3.08. The minimum atomic E-state index is -3.41. The van der Waals surface area contributed by atoms with E-state index in [4.69, 9.17) is 0 Å². The van der Waals surface area contributed by atoms with E-state index in [0.29, 0.717) is 6.54 Å². The molecular weight excluding hydrogens is 190 g/mol. The van der Waals surface area contributed by atoms with Gasteiger partial charge in [0.1, 0.15) is 0 Å². The Hall–Kier alpha value is -0.880. The Bertz CT molecular complexity index is 383. The van der Waals surface area contributed by atoms with Gasteiger partial charge < -0.3 is 5.32 Å². The van der Waals surface area contributed by atoms with Gasteiger partial charge in [0.25, 0.3) is 0 Å². The summed E-state index contributed by atoms with van der Waals surface area (Å²) in [7, 11) is -1.87. The Balaban J connectivity index is 2.45. The molecule has 13 heavy (non-hydrogen) atoms. The molecule has 6 heteroatoms. The van der Waals surface area contributed by atoms with Gasteiger partial charge in [-0.1, -0.05) is 0 Å². The first-order valence-corrected chi connectivity index (χ1v) is 5.48. The van der Waals surface area contributed by atoms with Crippen LogP contribution in [0.4, 0.5) is 0 Å². The van der Waals surface area contributed by atoms with E-state index in [-0.39, 0.29) is 0 Å². The van der Waals surface area contributed by atoms with Gasteiger partial charge >= 0.3 is 10.2 Å². The zero-order chi connectivity index (χ0) is 9.47. The first-order chi connectivity index (χ1) is 6.11. The molecule has 0 bridgehead atoms. The molecule has 0 aromatic heterocycles. The van der Waals surface area contributed by atoms with E-state index < -0.39 is 10.2 Å². The fourth-order valence-electron chi connectivity index (χ4n) is 1.51. The van der Waals surface area contributed by atoms with Crippen molar-refractivity contribution in [3.05, 3.63) is 11.3 Å². The molecule has 0 amide bonds. The Morgan fingerprint density at radius 1 is 1.62 bits per heavy atom. The molecule has 0 fully saturated rings. The number of nitrogens with zero attached hydrogens (tertiary/aromatic N) is 2. The van der Waals surface area contributed by atoms with Crippen molar-refractivity contribution in [3.8, 4) is 0 Å². The Labute approximate surface area is 77.3 Å². The van der Waals surface area contributed by atoms with Gasteiger partial charge in [-0.3, -0.25) is 4.31 Å². The maximum absolute atomic E-state index is 11.3. The van der Waals surface area contributed by atoms with E-state index >= 15 is 0 Å². The standard InChI is InChI=1S/C7H11N3O2S/c1-10-7-2-3-8-4-6(7)5-9-13(10,11)12/h5,8H,2-4H2,1H3. The van der Waals surface area contributed by atoms with Crippen LogP contribution in [0.3, 0.4) is 0 Å². The molecule has 0 aliphatic carbocycles. The van der Waals surface area contributed by atoms with Crippen LogP contribution in [0.5, 0.6) is 0 Å². The highest BCUT2D eigenvalue weighted by atomic mass is 32.2. The molecule has 0 spiro atoms. The number of rotatable bonds is 0. The minimum Gasteiger partial charge on any atom is -0.312 e. The van der Waals surface area contributed by atoms with Crippen LogP contribution < -0.4 is 5.32 Å². The highest BCUT2D eigenvalue weighted by Crippen LogP contribution is 2.22. The molecular formula is C7H11N3O2S. The topological polar surface area (TPSA) is 61.8 Å². The molecule has 2 rings (SSSR count).